The van der Waals surface area contributed by atoms with Crippen LogP contribution in [0.1, 0.15) is 37.8 Å². The lowest BCUT2D eigenvalue weighted by molar-refractivity contribution is 0.660. The average Bonchev–Trinajstić information content (AvgIpc) is 3.63. The summed E-state index contributed by atoms with van der Waals surface area (Å²) in [6, 6.07) is 58.2. The van der Waals surface area contributed by atoms with E-state index < -0.39 is 0 Å². The van der Waals surface area contributed by atoms with Gasteiger partial charge in [-0.25, -0.2) is 0 Å². The van der Waals surface area contributed by atoms with Crippen molar-refractivity contribution in [1.29, 1.82) is 0 Å². The zero-order valence-electron chi connectivity index (χ0n) is 29.0. The number of aromatic nitrogens is 1. The molecule has 0 saturated carbocycles. The lowest BCUT2D eigenvalue weighted by atomic mass is 9.82. The number of para-hydroxylation sites is 1. The van der Waals surface area contributed by atoms with E-state index in [1.165, 1.54) is 71.3 Å². The van der Waals surface area contributed by atoms with Gasteiger partial charge in [0, 0.05) is 43.8 Å². The van der Waals surface area contributed by atoms with Gasteiger partial charge in [0.05, 0.1) is 11.2 Å². The summed E-state index contributed by atoms with van der Waals surface area (Å²) in [5, 5.41) is 6.39. The molecule has 2 nitrogen and oxygen atoms in total. The summed E-state index contributed by atoms with van der Waals surface area (Å²) in [5.41, 5.74) is 13.7. The molecule has 1 heterocycles. The fraction of sp³-hybridized carbons (Fsp3) is 0.102. The molecule has 0 bridgehead atoms. The van der Waals surface area contributed by atoms with Crippen LogP contribution in [0.15, 0.2) is 158 Å². The zero-order valence-corrected chi connectivity index (χ0v) is 29.0. The average molecular weight is 655 g/mol. The highest BCUT2D eigenvalue weighted by molar-refractivity contribution is 6.07. The van der Waals surface area contributed by atoms with E-state index >= 15 is 0 Å². The molecule has 0 unspecified atom stereocenters. The Kier molecular flexibility index (Phi) is 6.69. The molecule has 0 aliphatic heterocycles. The topological polar surface area (TPSA) is 8.17 Å². The Bertz CT molecular complexity index is 2770. The van der Waals surface area contributed by atoms with Crippen molar-refractivity contribution in [2.45, 2.75) is 32.1 Å². The van der Waals surface area contributed by atoms with E-state index in [2.05, 4.69) is 193 Å². The predicted molar refractivity (Wildman–Crippen MR) is 216 cm³/mol. The van der Waals surface area contributed by atoms with Crippen molar-refractivity contribution >= 4 is 50.9 Å². The van der Waals surface area contributed by atoms with E-state index in [1.54, 1.807) is 0 Å². The molecule has 0 radical (unpaired) electrons. The van der Waals surface area contributed by atoms with Crippen LogP contribution in [-0.2, 0) is 5.41 Å². The SMILES string of the molecule is CC1(C)c2ccccc2-c2cc(N(c3ccc4c5c(n(-c6ccccc6)c4c3)=CCCC=5)c3ccc(-c4ccccc4)c4ccccc34)ccc21. The zero-order chi connectivity index (χ0) is 34.1. The number of benzene rings is 7. The fourth-order valence-corrected chi connectivity index (χ4v) is 8.80. The maximum Gasteiger partial charge on any atom is 0.0561 e. The summed E-state index contributed by atoms with van der Waals surface area (Å²) in [4.78, 5) is 2.49. The van der Waals surface area contributed by atoms with Crippen molar-refractivity contribution in [2.24, 2.45) is 0 Å². The standard InChI is InChI=1S/C49H38N2/c1-49(2)44-23-13-11-20-39(44)43-31-35(26-29-45(43)49)50(47-30-28-37(33-15-5-3-6-16-33)38-19-9-10-21-40(38)47)36-25-27-42-41-22-12-14-24-46(41)51(48(42)32-36)34-17-7-4-8-18-34/h3-11,13,15-32H,12,14H2,1-2H3. The van der Waals surface area contributed by atoms with Crippen LogP contribution in [0, 0.1) is 0 Å². The fourth-order valence-electron chi connectivity index (χ4n) is 8.80. The van der Waals surface area contributed by atoms with Gasteiger partial charge >= 0.3 is 0 Å². The van der Waals surface area contributed by atoms with Gasteiger partial charge < -0.3 is 9.47 Å². The Hall–Kier alpha value is -6.12. The molecular weight excluding hydrogens is 617 g/mol. The predicted octanol–water partition coefficient (Wildman–Crippen LogP) is 11.6. The van der Waals surface area contributed by atoms with Crippen molar-refractivity contribution in [3.05, 3.63) is 179 Å². The van der Waals surface area contributed by atoms with Crippen molar-refractivity contribution < 1.29 is 0 Å². The molecule has 0 atom stereocenters. The summed E-state index contributed by atoms with van der Waals surface area (Å²) in [6.45, 7) is 4.71. The lowest BCUT2D eigenvalue weighted by Crippen LogP contribution is -2.30. The second kappa shape index (κ2) is 11.5. The normalized spacial score (nSPS) is 14.0. The van der Waals surface area contributed by atoms with Gasteiger partial charge in [-0.3, -0.25) is 0 Å². The molecular formula is C49H38N2. The summed E-state index contributed by atoms with van der Waals surface area (Å²) < 4.78 is 2.46. The summed E-state index contributed by atoms with van der Waals surface area (Å²) in [5.74, 6) is 0. The maximum atomic E-state index is 2.49. The van der Waals surface area contributed by atoms with Crippen LogP contribution in [0.5, 0.6) is 0 Å². The highest BCUT2D eigenvalue weighted by Gasteiger charge is 2.35. The highest BCUT2D eigenvalue weighted by Crippen LogP contribution is 2.51. The molecule has 2 aliphatic rings. The van der Waals surface area contributed by atoms with Gasteiger partial charge in [0.25, 0.3) is 0 Å². The van der Waals surface area contributed by atoms with Gasteiger partial charge in [-0.1, -0.05) is 141 Å². The second-order valence-corrected chi connectivity index (χ2v) is 14.4. The first-order valence-electron chi connectivity index (χ1n) is 18.1. The number of rotatable bonds is 5. The number of hydrogen-bond donors (Lipinski definition) is 0. The first-order chi connectivity index (χ1) is 25.1. The first kappa shape index (κ1) is 29.8. The molecule has 10 rings (SSSR count). The Morgan fingerprint density at radius 1 is 0.510 bits per heavy atom. The molecule has 1 aromatic heterocycles. The number of fused-ring (bicyclic) bond motifs is 7. The summed E-state index contributed by atoms with van der Waals surface area (Å²) in [7, 11) is 0. The monoisotopic (exact) mass is 654 g/mol. The molecule has 7 aromatic carbocycles. The molecule has 0 spiro atoms. The third-order valence-electron chi connectivity index (χ3n) is 11.2. The number of anilines is 3. The highest BCUT2D eigenvalue weighted by atomic mass is 15.1. The van der Waals surface area contributed by atoms with Crippen LogP contribution in [0.2, 0.25) is 0 Å². The van der Waals surface area contributed by atoms with Crippen LogP contribution in [0.25, 0.3) is 61.8 Å². The Morgan fingerprint density at radius 3 is 2.02 bits per heavy atom. The van der Waals surface area contributed by atoms with Gasteiger partial charge in [-0.05, 0) is 94.1 Å². The van der Waals surface area contributed by atoms with Gasteiger partial charge in [0.15, 0.2) is 0 Å². The van der Waals surface area contributed by atoms with E-state index in [1.807, 2.05) is 0 Å². The molecule has 2 aliphatic carbocycles. The number of hydrogen-bond acceptors (Lipinski definition) is 1. The van der Waals surface area contributed by atoms with Crippen molar-refractivity contribution in [1.82, 2.24) is 4.57 Å². The van der Waals surface area contributed by atoms with E-state index in [-0.39, 0.29) is 5.41 Å². The van der Waals surface area contributed by atoms with Crippen molar-refractivity contribution in [3.8, 4) is 27.9 Å². The minimum atomic E-state index is -0.0548. The Morgan fingerprint density at radius 2 is 1.18 bits per heavy atom. The minimum Gasteiger partial charge on any atom is -0.310 e. The molecule has 0 N–H and O–H groups in total. The van der Waals surface area contributed by atoms with E-state index in [0.717, 1.165) is 29.9 Å². The quantitative estimate of drug-likeness (QED) is 0.179. The Balaban J connectivity index is 1.26. The van der Waals surface area contributed by atoms with Crippen LogP contribution in [-0.4, -0.2) is 4.57 Å². The van der Waals surface area contributed by atoms with Gasteiger partial charge in [0.1, 0.15) is 0 Å². The largest absolute Gasteiger partial charge is 0.310 e. The molecule has 2 heteroatoms. The maximum absolute atomic E-state index is 2.49. The molecule has 8 aromatic rings. The molecule has 244 valence electrons. The third-order valence-corrected chi connectivity index (χ3v) is 11.2. The van der Waals surface area contributed by atoms with Crippen LogP contribution < -0.4 is 15.5 Å². The summed E-state index contributed by atoms with van der Waals surface area (Å²) >= 11 is 0. The van der Waals surface area contributed by atoms with Crippen LogP contribution >= 0.6 is 0 Å². The van der Waals surface area contributed by atoms with Crippen LogP contribution in [0.4, 0.5) is 17.1 Å². The van der Waals surface area contributed by atoms with Crippen molar-refractivity contribution in [2.75, 3.05) is 4.90 Å². The summed E-state index contributed by atoms with van der Waals surface area (Å²) in [6.07, 6.45) is 6.96. The Labute approximate surface area is 298 Å². The molecule has 51 heavy (non-hydrogen) atoms. The molecule has 0 fully saturated rings. The molecule has 0 saturated heterocycles. The van der Waals surface area contributed by atoms with E-state index in [4.69, 9.17) is 0 Å². The lowest BCUT2D eigenvalue weighted by Gasteiger charge is -2.29. The molecule has 0 amide bonds. The minimum absolute atomic E-state index is 0.0548. The first-order valence-corrected chi connectivity index (χ1v) is 18.1. The third kappa shape index (κ3) is 4.56. The van der Waals surface area contributed by atoms with E-state index in [0.29, 0.717) is 0 Å². The van der Waals surface area contributed by atoms with Gasteiger partial charge in [-0.15, -0.1) is 0 Å². The van der Waals surface area contributed by atoms with E-state index in [9.17, 15) is 0 Å². The van der Waals surface area contributed by atoms with Crippen LogP contribution in [0.3, 0.4) is 0 Å². The smallest absolute Gasteiger partial charge is 0.0561 e. The number of nitrogens with zero attached hydrogens (tertiary/aromatic N) is 2. The van der Waals surface area contributed by atoms with Gasteiger partial charge in [0.2, 0.25) is 0 Å². The van der Waals surface area contributed by atoms with Crippen molar-refractivity contribution in [3.63, 3.8) is 0 Å². The second-order valence-electron chi connectivity index (χ2n) is 14.4. The van der Waals surface area contributed by atoms with Gasteiger partial charge in [-0.2, -0.15) is 0 Å².